The highest BCUT2D eigenvalue weighted by Gasteiger charge is 2.14. The molecule has 0 unspecified atom stereocenters. The van der Waals surface area contributed by atoms with Gasteiger partial charge in [-0.25, -0.2) is 4.98 Å². The highest BCUT2D eigenvalue weighted by molar-refractivity contribution is 5.26. The number of nitrogens with zero attached hydrogens (tertiary/aromatic N) is 1. The smallest absolute Gasteiger partial charge is 0.216 e. The highest BCUT2D eigenvalue weighted by atomic mass is 16.5. The van der Waals surface area contributed by atoms with E-state index in [-0.39, 0.29) is 5.54 Å². The summed E-state index contributed by atoms with van der Waals surface area (Å²) in [6, 6.07) is 3.88. The van der Waals surface area contributed by atoms with Crippen LogP contribution in [0.25, 0.3) is 0 Å². The Labute approximate surface area is 78.9 Å². The number of nitrogens with two attached hydrogens (primary N) is 1. The zero-order chi connectivity index (χ0) is 9.90. The molecule has 3 heteroatoms. The lowest BCUT2D eigenvalue weighted by atomic mass is 9.97. The molecule has 3 nitrogen and oxygen atoms in total. The summed E-state index contributed by atoms with van der Waals surface area (Å²) in [4.78, 5) is 4.10. The van der Waals surface area contributed by atoms with E-state index in [4.69, 9.17) is 10.5 Å². The Bertz CT molecular complexity index is 278. The molecule has 0 bridgehead atoms. The van der Waals surface area contributed by atoms with Gasteiger partial charge in [-0.3, -0.25) is 0 Å². The van der Waals surface area contributed by atoms with E-state index in [1.165, 1.54) is 0 Å². The van der Waals surface area contributed by atoms with E-state index in [1.54, 1.807) is 13.3 Å². The van der Waals surface area contributed by atoms with Crippen LogP contribution in [0.15, 0.2) is 18.3 Å². The molecule has 0 aliphatic heterocycles. The summed E-state index contributed by atoms with van der Waals surface area (Å²) in [5, 5.41) is 0. The molecule has 0 aliphatic carbocycles. The molecule has 0 radical (unpaired) electrons. The summed E-state index contributed by atoms with van der Waals surface area (Å²) in [7, 11) is 1.62. The van der Waals surface area contributed by atoms with Gasteiger partial charge in [0.25, 0.3) is 0 Å². The van der Waals surface area contributed by atoms with Gasteiger partial charge < -0.3 is 10.5 Å². The van der Waals surface area contributed by atoms with Crippen LogP contribution in [0.4, 0.5) is 0 Å². The summed E-state index contributed by atoms with van der Waals surface area (Å²) in [5.41, 5.74) is 6.74. The van der Waals surface area contributed by atoms with Gasteiger partial charge in [0, 0.05) is 17.3 Å². The number of ether oxygens (including phenoxy) is 1. The van der Waals surface area contributed by atoms with Crippen molar-refractivity contribution in [2.24, 2.45) is 5.73 Å². The van der Waals surface area contributed by atoms with Crippen molar-refractivity contribution in [2.75, 3.05) is 7.11 Å². The first-order valence-electron chi connectivity index (χ1n) is 4.30. The number of hydrogen-bond donors (Lipinski definition) is 1. The molecule has 0 saturated heterocycles. The van der Waals surface area contributed by atoms with Crippen molar-refractivity contribution in [1.29, 1.82) is 0 Å². The number of rotatable bonds is 3. The summed E-state index contributed by atoms with van der Waals surface area (Å²) in [6.07, 6.45) is 2.48. The van der Waals surface area contributed by atoms with Crippen LogP contribution in [-0.2, 0) is 6.42 Å². The second kappa shape index (κ2) is 3.75. The fraction of sp³-hybridized carbons (Fsp3) is 0.500. The van der Waals surface area contributed by atoms with Gasteiger partial charge in [0.1, 0.15) is 0 Å². The standard InChI is InChI=1S/C10H16N2O/c1-10(2,11)7-8-5-4-6-12-9(8)13-3/h4-6H,7,11H2,1-3H3. The third-order valence-corrected chi connectivity index (χ3v) is 1.69. The maximum absolute atomic E-state index is 5.91. The van der Waals surface area contributed by atoms with Crippen molar-refractivity contribution in [3.05, 3.63) is 23.9 Å². The summed E-state index contributed by atoms with van der Waals surface area (Å²) in [5.74, 6) is 0.668. The number of pyridine rings is 1. The van der Waals surface area contributed by atoms with Gasteiger partial charge in [0.2, 0.25) is 5.88 Å². The summed E-state index contributed by atoms with van der Waals surface area (Å²) in [6.45, 7) is 3.97. The Balaban J connectivity index is 2.87. The van der Waals surface area contributed by atoms with Crippen LogP contribution < -0.4 is 10.5 Å². The molecule has 0 aromatic carbocycles. The molecule has 0 aliphatic rings. The Morgan fingerprint density at radius 2 is 2.23 bits per heavy atom. The molecule has 0 fully saturated rings. The fourth-order valence-corrected chi connectivity index (χ4v) is 1.23. The number of hydrogen-bond acceptors (Lipinski definition) is 3. The molecule has 0 saturated carbocycles. The lowest BCUT2D eigenvalue weighted by molar-refractivity contribution is 0.386. The molecule has 0 spiro atoms. The molecule has 0 amide bonds. The predicted octanol–water partition coefficient (Wildman–Crippen LogP) is 1.37. The van der Waals surface area contributed by atoms with Crippen molar-refractivity contribution in [2.45, 2.75) is 25.8 Å². The minimum atomic E-state index is -0.226. The average molecular weight is 180 g/mol. The van der Waals surface area contributed by atoms with E-state index < -0.39 is 0 Å². The topological polar surface area (TPSA) is 48.1 Å². The van der Waals surface area contributed by atoms with Crippen molar-refractivity contribution in [1.82, 2.24) is 4.98 Å². The first kappa shape index (κ1) is 9.99. The molecule has 13 heavy (non-hydrogen) atoms. The van der Waals surface area contributed by atoms with Crippen LogP contribution in [0.5, 0.6) is 5.88 Å². The molecule has 1 heterocycles. The Kier molecular flexibility index (Phi) is 2.88. The average Bonchev–Trinajstić information content (AvgIpc) is 2.02. The van der Waals surface area contributed by atoms with Gasteiger partial charge >= 0.3 is 0 Å². The first-order valence-corrected chi connectivity index (χ1v) is 4.30. The summed E-state index contributed by atoms with van der Waals surface area (Å²) < 4.78 is 5.12. The van der Waals surface area contributed by atoms with Gasteiger partial charge in [-0.05, 0) is 26.3 Å². The van der Waals surface area contributed by atoms with Crippen molar-refractivity contribution >= 4 is 0 Å². The summed E-state index contributed by atoms with van der Waals surface area (Å²) >= 11 is 0. The zero-order valence-electron chi connectivity index (χ0n) is 8.37. The molecule has 72 valence electrons. The van der Waals surface area contributed by atoms with E-state index in [1.807, 2.05) is 26.0 Å². The SMILES string of the molecule is COc1ncccc1CC(C)(C)N. The van der Waals surface area contributed by atoms with E-state index in [2.05, 4.69) is 4.98 Å². The Morgan fingerprint density at radius 1 is 1.54 bits per heavy atom. The third kappa shape index (κ3) is 3.03. The largest absolute Gasteiger partial charge is 0.481 e. The molecule has 2 N–H and O–H groups in total. The third-order valence-electron chi connectivity index (χ3n) is 1.69. The monoisotopic (exact) mass is 180 g/mol. The Morgan fingerprint density at radius 3 is 2.77 bits per heavy atom. The fourth-order valence-electron chi connectivity index (χ4n) is 1.23. The van der Waals surface area contributed by atoms with Crippen LogP contribution in [0.2, 0.25) is 0 Å². The zero-order valence-corrected chi connectivity index (χ0v) is 8.37. The molecule has 0 atom stereocenters. The molecule has 1 rings (SSSR count). The second-order valence-electron chi connectivity index (χ2n) is 3.84. The maximum Gasteiger partial charge on any atom is 0.216 e. The normalized spacial score (nSPS) is 11.4. The molecule has 1 aromatic heterocycles. The second-order valence-corrected chi connectivity index (χ2v) is 3.84. The lowest BCUT2D eigenvalue weighted by Crippen LogP contribution is -2.34. The number of methoxy groups -OCH3 is 1. The Hall–Kier alpha value is -1.09. The molecular formula is C10H16N2O. The van der Waals surface area contributed by atoms with Gasteiger partial charge in [-0.2, -0.15) is 0 Å². The first-order chi connectivity index (χ1) is 6.03. The van der Waals surface area contributed by atoms with E-state index in [9.17, 15) is 0 Å². The van der Waals surface area contributed by atoms with Crippen LogP contribution in [0, 0.1) is 0 Å². The van der Waals surface area contributed by atoms with Gasteiger partial charge in [0.05, 0.1) is 7.11 Å². The number of aromatic nitrogens is 1. The van der Waals surface area contributed by atoms with Crippen molar-refractivity contribution in [3.63, 3.8) is 0 Å². The maximum atomic E-state index is 5.91. The van der Waals surface area contributed by atoms with E-state index in [0.717, 1.165) is 12.0 Å². The highest BCUT2D eigenvalue weighted by Crippen LogP contribution is 2.18. The van der Waals surface area contributed by atoms with Crippen molar-refractivity contribution in [3.8, 4) is 5.88 Å². The van der Waals surface area contributed by atoms with Crippen LogP contribution in [0.3, 0.4) is 0 Å². The van der Waals surface area contributed by atoms with Crippen LogP contribution in [0.1, 0.15) is 19.4 Å². The minimum absolute atomic E-state index is 0.226. The van der Waals surface area contributed by atoms with Gasteiger partial charge in [0.15, 0.2) is 0 Å². The van der Waals surface area contributed by atoms with Crippen LogP contribution in [-0.4, -0.2) is 17.6 Å². The minimum Gasteiger partial charge on any atom is -0.481 e. The van der Waals surface area contributed by atoms with E-state index >= 15 is 0 Å². The molecular weight excluding hydrogens is 164 g/mol. The quantitative estimate of drug-likeness (QED) is 0.764. The van der Waals surface area contributed by atoms with Gasteiger partial charge in [-0.1, -0.05) is 6.07 Å². The molecule has 1 aromatic rings. The lowest BCUT2D eigenvalue weighted by Gasteiger charge is -2.19. The van der Waals surface area contributed by atoms with Crippen molar-refractivity contribution < 1.29 is 4.74 Å². The predicted molar refractivity (Wildman–Crippen MR) is 52.8 cm³/mol. The van der Waals surface area contributed by atoms with E-state index in [0.29, 0.717) is 5.88 Å². The van der Waals surface area contributed by atoms with Crippen LogP contribution >= 0.6 is 0 Å². The van der Waals surface area contributed by atoms with Gasteiger partial charge in [-0.15, -0.1) is 0 Å².